The van der Waals surface area contributed by atoms with Crippen molar-refractivity contribution >= 4 is 29.1 Å². The van der Waals surface area contributed by atoms with E-state index in [1.165, 1.54) is 17.0 Å². The summed E-state index contributed by atoms with van der Waals surface area (Å²) in [5.41, 5.74) is 0.610. The van der Waals surface area contributed by atoms with Crippen LogP contribution in [0, 0.1) is 5.82 Å². The van der Waals surface area contributed by atoms with Gasteiger partial charge in [0.25, 0.3) is 0 Å². The summed E-state index contributed by atoms with van der Waals surface area (Å²) in [5, 5.41) is 0.936. The summed E-state index contributed by atoms with van der Waals surface area (Å²) in [6.45, 7) is 0.638. The second-order valence-corrected chi connectivity index (χ2v) is 5.81. The molecule has 0 spiro atoms. The molecule has 0 aliphatic rings. The van der Waals surface area contributed by atoms with Gasteiger partial charge in [0.15, 0.2) is 0 Å². The Hall–Kier alpha value is -1.78. The molecule has 0 atom stereocenters. The first-order chi connectivity index (χ1) is 11.0. The summed E-state index contributed by atoms with van der Waals surface area (Å²) in [6, 6.07) is 11.0. The largest absolute Gasteiger partial charge is 0.492 e. The number of carbonyl (C=O) groups excluding carboxylic acids is 1. The molecule has 2 aromatic carbocycles. The fraction of sp³-hybridized carbons (Fsp3) is 0.235. The molecule has 2 rings (SSSR count). The fourth-order valence-corrected chi connectivity index (χ4v) is 2.50. The number of hydrogen-bond donors (Lipinski definition) is 0. The van der Waals surface area contributed by atoms with Gasteiger partial charge in [0, 0.05) is 23.2 Å². The van der Waals surface area contributed by atoms with Crippen molar-refractivity contribution in [2.75, 3.05) is 20.2 Å². The van der Waals surface area contributed by atoms with E-state index in [0.29, 0.717) is 27.9 Å². The predicted octanol–water partition coefficient (Wildman–Crippen LogP) is 4.21. The van der Waals surface area contributed by atoms with Gasteiger partial charge in [-0.3, -0.25) is 4.79 Å². The Morgan fingerprint density at radius 1 is 1.17 bits per heavy atom. The van der Waals surface area contributed by atoms with Crippen LogP contribution in [0.4, 0.5) is 4.39 Å². The third kappa shape index (κ3) is 5.12. The smallest absolute Gasteiger partial charge is 0.226 e. The lowest BCUT2D eigenvalue weighted by molar-refractivity contribution is -0.129. The van der Waals surface area contributed by atoms with Crippen LogP contribution in [0.5, 0.6) is 5.75 Å². The summed E-state index contributed by atoms with van der Waals surface area (Å²) in [4.78, 5) is 13.7. The molecular formula is C17H16Cl2FNO2. The maximum absolute atomic E-state index is 13.0. The van der Waals surface area contributed by atoms with Crippen molar-refractivity contribution in [2.45, 2.75) is 6.42 Å². The van der Waals surface area contributed by atoms with Gasteiger partial charge in [0.1, 0.15) is 18.2 Å². The molecule has 0 saturated heterocycles. The van der Waals surface area contributed by atoms with Crippen LogP contribution >= 0.6 is 23.2 Å². The van der Waals surface area contributed by atoms with E-state index in [1.807, 2.05) is 0 Å². The first-order valence-electron chi connectivity index (χ1n) is 7.02. The van der Waals surface area contributed by atoms with Crippen LogP contribution < -0.4 is 4.74 Å². The van der Waals surface area contributed by atoms with Gasteiger partial charge in [-0.1, -0.05) is 35.3 Å². The Morgan fingerprint density at radius 3 is 2.48 bits per heavy atom. The fourth-order valence-electron chi connectivity index (χ4n) is 1.97. The summed E-state index contributed by atoms with van der Waals surface area (Å²) >= 11 is 12.1. The molecule has 122 valence electrons. The number of halogens is 3. The molecular weight excluding hydrogens is 340 g/mol. The van der Waals surface area contributed by atoms with Gasteiger partial charge in [-0.25, -0.2) is 4.39 Å². The molecule has 1 amide bonds. The molecule has 2 aromatic rings. The highest BCUT2D eigenvalue weighted by Gasteiger charge is 2.14. The standard InChI is InChI=1S/C17H16Cl2FNO2/c1-21(8-9-23-13-5-2-4-12(20)10-13)17(22)11-14-15(18)6-3-7-16(14)19/h2-7,10H,8-9,11H2,1H3. The van der Waals surface area contributed by atoms with Crippen LogP contribution in [-0.2, 0) is 11.2 Å². The molecule has 0 N–H and O–H groups in total. The van der Waals surface area contributed by atoms with E-state index in [-0.39, 0.29) is 24.8 Å². The topological polar surface area (TPSA) is 29.5 Å². The van der Waals surface area contributed by atoms with Crippen LogP contribution in [0.1, 0.15) is 5.56 Å². The Balaban J connectivity index is 1.85. The molecule has 0 aliphatic carbocycles. The van der Waals surface area contributed by atoms with Crippen molar-refractivity contribution in [2.24, 2.45) is 0 Å². The van der Waals surface area contributed by atoms with Gasteiger partial charge in [-0.15, -0.1) is 0 Å². The summed E-state index contributed by atoms with van der Waals surface area (Å²) in [7, 11) is 1.67. The quantitative estimate of drug-likeness (QED) is 0.776. The number of amides is 1. The molecule has 0 saturated carbocycles. The molecule has 0 bridgehead atoms. The van der Waals surface area contributed by atoms with Crippen LogP contribution in [0.3, 0.4) is 0 Å². The predicted molar refractivity (Wildman–Crippen MR) is 89.7 cm³/mol. The van der Waals surface area contributed by atoms with Gasteiger partial charge < -0.3 is 9.64 Å². The Bertz CT molecular complexity index is 674. The van der Waals surface area contributed by atoms with Crippen LogP contribution in [0.15, 0.2) is 42.5 Å². The van der Waals surface area contributed by atoms with Crippen LogP contribution in [0.2, 0.25) is 10.0 Å². The minimum absolute atomic E-state index is 0.120. The van der Waals surface area contributed by atoms with E-state index >= 15 is 0 Å². The van der Waals surface area contributed by atoms with Gasteiger partial charge in [-0.2, -0.15) is 0 Å². The highest BCUT2D eigenvalue weighted by atomic mass is 35.5. The normalized spacial score (nSPS) is 10.4. The van der Waals surface area contributed by atoms with Crippen molar-refractivity contribution in [3.63, 3.8) is 0 Å². The van der Waals surface area contributed by atoms with E-state index < -0.39 is 0 Å². The van der Waals surface area contributed by atoms with E-state index in [1.54, 1.807) is 37.4 Å². The zero-order chi connectivity index (χ0) is 16.8. The van der Waals surface area contributed by atoms with Crippen molar-refractivity contribution in [1.29, 1.82) is 0 Å². The maximum Gasteiger partial charge on any atom is 0.226 e. The van der Waals surface area contributed by atoms with E-state index in [4.69, 9.17) is 27.9 Å². The SMILES string of the molecule is CN(CCOc1cccc(F)c1)C(=O)Cc1c(Cl)cccc1Cl. The lowest BCUT2D eigenvalue weighted by Gasteiger charge is -2.18. The summed E-state index contributed by atoms with van der Waals surface area (Å²) in [6.07, 6.45) is 0.120. The van der Waals surface area contributed by atoms with E-state index in [2.05, 4.69) is 0 Å². The van der Waals surface area contributed by atoms with Gasteiger partial charge in [0.05, 0.1) is 13.0 Å². The first-order valence-corrected chi connectivity index (χ1v) is 7.78. The molecule has 6 heteroatoms. The molecule has 3 nitrogen and oxygen atoms in total. The van der Waals surface area contributed by atoms with Crippen molar-refractivity contribution < 1.29 is 13.9 Å². The number of ether oxygens (including phenoxy) is 1. The Kier molecular flexibility index (Phi) is 6.25. The third-order valence-electron chi connectivity index (χ3n) is 3.31. The monoisotopic (exact) mass is 355 g/mol. The molecule has 0 heterocycles. The molecule has 23 heavy (non-hydrogen) atoms. The lowest BCUT2D eigenvalue weighted by Crippen LogP contribution is -2.32. The number of benzene rings is 2. The van der Waals surface area contributed by atoms with Crippen molar-refractivity contribution in [3.8, 4) is 5.75 Å². The number of hydrogen-bond acceptors (Lipinski definition) is 2. The lowest BCUT2D eigenvalue weighted by atomic mass is 10.1. The van der Waals surface area contributed by atoms with E-state index in [9.17, 15) is 9.18 Å². The second-order valence-electron chi connectivity index (χ2n) is 5.00. The number of carbonyl (C=O) groups is 1. The minimum Gasteiger partial charge on any atom is -0.492 e. The Morgan fingerprint density at radius 2 is 1.83 bits per heavy atom. The minimum atomic E-state index is -0.361. The average Bonchev–Trinajstić information content (AvgIpc) is 2.51. The van der Waals surface area contributed by atoms with Gasteiger partial charge >= 0.3 is 0 Å². The number of likely N-dealkylation sites (N-methyl/N-ethyl adjacent to an activating group) is 1. The van der Waals surface area contributed by atoms with Crippen LogP contribution in [0.25, 0.3) is 0 Å². The highest BCUT2D eigenvalue weighted by molar-refractivity contribution is 6.36. The second kappa shape index (κ2) is 8.18. The molecule has 0 aromatic heterocycles. The molecule has 0 fully saturated rings. The van der Waals surface area contributed by atoms with Gasteiger partial charge in [-0.05, 0) is 29.8 Å². The number of nitrogens with zero attached hydrogens (tertiary/aromatic N) is 1. The van der Waals surface area contributed by atoms with Gasteiger partial charge in [0.2, 0.25) is 5.91 Å². The summed E-state index contributed by atoms with van der Waals surface area (Å²) in [5.74, 6) is -0.0527. The maximum atomic E-state index is 13.0. The third-order valence-corrected chi connectivity index (χ3v) is 4.02. The Labute approximate surface area is 144 Å². The van der Waals surface area contributed by atoms with Crippen LogP contribution in [-0.4, -0.2) is 31.0 Å². The molecule has 0 aliphatic heterocycles. The zero-order valence-electron chi connectivity index (χ0n) is 12.6. The molecule has 0 radical (unpaired) electrons. The highest BCUT2D eigenvalue weighted by Crippen LogP contribution is 2.25. The number of rotatable bonds is 6. The van der Waals surface area contributed by atoms with Crippen molar-refractivity contribution in [3.05, 3.63) is 63.9 Å². The zero-order valence-corrected chi connectivity index (χ0v) is 14.1. The molecule has 0 unspecified atom stereocenters. The first kappa shape index (κ1) is 17.6. The average molecular weight is 356 g/mol. The summed E-state index contributed by atoms with van der Waals surface area (Å²) < 4.78 is 18.4. The van der Waals surface area contributed by atoms with E-state index in [0.717, 1.165) is 0 Å². The van der Waals surface area contributed by atoms with Crippen molar-refractivity contribution in [1.82, 2.24) is 4.90 Å².